The lowest BCUT2D eigenvalue weighted by Gasteiger charge is -2.18. The van der Waals surface area contributed by atoms with E-state index in [1.807, 2.05) is 0 Å². The monoisotopic (exact) mass is 1060 g/mol. The number of carbonyl (C=O) groups excluding carboxylic acids is 3. The topological polar surface area (TPSA) is 78.9 Å². The van der Waals surface area contributed by atoms with E-state index in [-0.39, 0.29) is 31.1 Å². The molecule has 0 aliphatic rings. The molecule has 0 aliphatic carbocycles. The van der Waals surface area contributed by atoms with Crippen molar-refractivity contribution in [1.82, 2.24) is 0 Å². The van der Waals surface area contributed by atoms with Crippen LogP contribution in [0.15, 0.2) is 134 Å². The molecule has 77 heavy (non-hydrogen) atoms. The zero-order valence-electron chi connectivity index (χ0n) is 49.9. The van der Waals surface area contributed by atoms with Gasteiger partial charge in [-0.2, -0.15) is 0 Å². The van der Waals surface area contributed by atoms with Gasteiger partial charge in [-0.25, -0.2) is 0 Å². The van der Waals surface area contributed by atoms with Crippen molar-refractivity contribution in [2.24, 2.45) is 0 Å². The number of unbranched alkanes of at least 4 members (excludes halogenated alkanes) is 23. The molecule has 0 aromatic heterocycles. The van der Waals surface area contributed by atoms with Crippen molar-refractivity contribution in [3.05, 3.63) is 134 Å². The number of hydrogen-bond acceptors (Lipinski definition) is 6. The summed E-state index contributed by atoms with van der Waals surface area (Å²) in [6.07, 6.45) is 90.3. The van der Waals surface area contributed by atoms with E-state index in [1.165, 1.54) is 89.9 Å². The maximum Gasteiger partial charge on any atom is 0.306 e. The van der Waals surface area contributed by atoms with Crippen LogP contribution in [0.4, 0.5) is 0 Å². The first-order chi connectivity index (χ1) is 38.0. The first-order valence-electron chi connectivity index (χ1n) is 31.7. The number of esters is 3. The molecule has 0 aromatic carbocycles. The number of ether oxygens (including phenoxy) is 3. The molecule has 0 rings (SSSR count). The molecule has 0 fully saturated rings. The predicted octanol–water partition coefficient (Wildman–Crippen LogP) is 21.8. The molecule has 436 valence electrons. The Kier molecular flexibility index (Phi) is 60.4. The summed E-state index contributed by atoms with van der Waals surface area (Å²) in [4.78, 5) is 38.1. The number of carbonyl (C=O) groups is 3. The molecule has 0 aliphatic heterocycles. The molecule has 0 amide bonds. The average molecular weight is 1070 g/mol. The molecule has 0 N–H and O–H groups in total. The second kappa shape index (κ2) is 64.1. The van der Waals surface area contributed by atoms with Crippen LogP contribution in [0.3, 0.4) is 0 Å². The van der Waals surface area contributed by atoms with Crippen molar-refractivity contribution in [2.75, 3.05) is 13.2 Å². The minimum absolute atomic E-state index is 0.0898. The van der Waals surface area contributed by atoms with E-state index in [0.717, 1.165) is 148 Å². The first kappa shape index (κ1) is 72.5. The Balaban J connectivity index is 4.26. The lowest BCUT2D eigenvalue weighted by atomic mass is 10.1. The lowest BCUT2D eigenvalue weighted by Crippen LogP contribution is -2.30. The fraction of sp³-hybridized carbons (Fsp3) is 0.648. The molecule has 0 saturated heterocycles. The predicted molar refractivity (Wildman–Crippen MR) is 334 cm³/mol. The SMILES string of the molecule is CC/C=C\C/C=C\C/C=C\C/C=C\C/C=C\C/C=C\C/C=C\C/C=C\C/C=C\C/C=C\CCCCCCC(=O)OCC(COC(=O)CCCCCCCCCCCCC)OC(=O)CCCCCCC/C=C\CCCCCC. The highest BCUT2D eigenvalue weighted by atomic mass is 16.6. The average Bonchev–Trinajstić information content (AvgIpc) is 3.43. The van der Waals surface area contributed by atoms with E-state index in [0.29, 0.717) is 19.3 Å². The molecular formula is C71H116O6. The van der Waals surface area contributed by atoms with Gasteiger partial charge < -0.3 is 14.2 Å². The van der Waals surface area contributed by atoms with Gasteiger partial charge in [-0.3, -0.25) is 14.4 Å². The van der Waals surface area contributed by atoms with Gasteiger partial charge in [-0.05, 0) is 122 Å². The maximum atomic E-state index is 12.8. The summed E-state index contributed by atoms with van der Waals surface area (Å²) < 4.78 is 16.8. The van der Waals surface area contributed by atoms with E-state index in [1.54, 1.807) is 0 Å². The van der Waals surface area contributed by atoms with Crippen molar-refractivity contribution >= 4 is 17.9 Å². The van der Waals surface area contributed by atoms with Crippen LogP contribution in [-0.4, -0.2) is 37.2 Å². The smallest absolute Gasteiger partial charge is 0.306 e. The van der Waals surface area contributed by atoms with Gasteiger partial charge >= 0.3 is 17.9 Å². The molecule has 0 radical (unpaired) electrons. The summed E-state index contributed by atoms with van der Waals surface area (Å²) in [7, 11) is 0. The fourth-order valence-electron chi connectivity index (χ4n) is 8.41. The van der Waals surface area contributed by atoms with E-state index in [4.69, 9.17) is 14.2 Å². The summed E-state index contributed by atoms with van der Waals surface area (Å²) >= 11 is 0. The Morgan fingerprint density at radius 3 is 0.818 bits per heavy atom. The highest BCUT2D eigenvalue weighted by Gasteiger charge is 2.19. The standard InChI is InChI=1S/C71H116O6/c1-4-7-10-13-16-19-22-24-25-26-27-28-29-30-31-32-33-34-35-36-37-38-39-40-41-42-43-44-45-47-49-52-55-58-61-64-70(73)76-67-68(66-75-69(72)63-60-57-54-51-48-21-18-15-12-9-6-3)77-71(74)65-62-59-56-53-50-46-23-20-17-14-11-8-5-2/h7,10,16,19-20,23-25,27-28,30-31,33-34,36-37,39-40,42-43,45,47,68H,4-6,8-9,11-15,17-18,21-22,26,29,32,35,38,41,44,46,48-67H2,1-3H3/b10-7-,19-16-,23-20-,25-24-,28-27-,31-30-,34-33-,37-36-,40-39-,43-42-,47-45-. The van der Waals surface area contributed by atoms with Crippen molar-refractivity contribution in [2.45, 2.75) is 284 Å². The van der Waals surface area contributed by atoms with Crippen molar-refractivity contribution in [1.29, 1.82) is 0 Å². The molecular weight excluding hydrogens is 949 g/mol. The molecule has 6 nitrogen and oxygen atoms in total. The van der Waals surface area contributed by atoms with E-state index in [2.05, 4.69) is 154 Å². The molecule has 0 bridgehead atoms. The Morgan fingerprint density at radius 1 is 0.273 bits per heavy atom. The van der Waals surface area contributed by atoms with E-state index in [9.17, 15) is 14.4 Å². The zero-order valence-corrected chi connectivity index (χ0v) is 49.9. The van der Waals surface area contributed by atoms with Gasteiger partial charge in [0, 0.05) is 19.3 Å². The Morgan fingerprint density at radius 2 is 0.506 bits per heavy atom. The van der Waals surface area contributed by atoms with Crippen molar-refractivity contribution in [3.8, 4) is 0 Å². The van der Waals surface area contributed by atoms with Crippen LogP contribution < -0.4 is 0 Å². The van der Waals surface area contributed by atoms with Crippen molar-refractivity contribution < 1.29 is 28.6 Å². The van der Waals surface area contributed by atoms with Gasteiger partial charge in [0.2, 0.25) is 0 Å². The van der Waals surface area contributed by atoms with Crippen molar-refractivity contribution in [3.63, 3.8) is 0 Å². The molecule has 1 unspecified atom stereocenters. The highest BCUT2D eigenvalue weighted by Crippen LogP contribution is 2.15. The van der Waals surface area contributed by atoms with Gasteiger partial charge in [0.1, 0.15) is 13.2 Å². The number of hydrogen-bond donors (Lipinski definition) is 0. The second-order valence-corrected chi connectivity index (χ2v) is 20.6. The largest absolute Gasteiger partial charge is 0.462 e. The summed E-state index contributed by atoms with van der Waals surface area (Å²) in [5.41, 5.74) is 0. The molecule has 1 atom stereocenters. The Bertz CT molecular complexity index is 1650. The summed E-state index contributed by atoms with van der Waals surface area (Å²) in [6.45, 7) is 6.47. The van der Waals surface area contributed by atoms with Crippen LogP contribution >= 0.6 is 0 Å². The molecule has 0 heterocycles. The third kappa shape index (κ3) is 62.3. The third-order valence-electron chi connectivity index (χ3n) is 13.1. The molecule has 0 spiro atoms. The maximum absolute atomic E-state index is 12.8. The van der Waals surface area contributed by atoms with Gasteiger partial charge in [0.15, 0.2) is 6.10 Å². The second-order valence-electron chi connectivity index (χ2n) is 20.6. The van der Waals surface area contributed by atoms with Crippen LogP contribution in [0.2, 0.25) is 0 Å². The van der Waals surface area contributed by atoms with Gasteiger partial charge in [-0.15, -0.1) is 0 Å². The minimum Gasteiger partial charge on any atom is -0.462 e. The van der Waals surface area contributed by atoms with Crippen LogP contribution in [0.1, 0.15) is 278 Å². The Labute approximate surface area is 475 Å². The van der Waals surface area contributed by atoms with E-state index >= 15 is 0 Å². The van der Waals surface area contributed by atoms with Crippen LogP contribution in [0, 0.1) is 0 Å². The lowest BCUT2D eigenvalue weighted by molar-refractivity contribution is -0.167. The summed E-state index contributed by atoms with van der Waals surface area (Å²) in [5.74, 6) is -0.925. The molecule has 0 aromatic rings. The third-order valence-corrected chi connectivity index (χ3v) is 13.1. The van der Waals surface area contributed by atoms with Crippen LogP contribution in [0.5, 0.6) is 0 Å². The quantitative estimate of drug-likeness (QED) is 0.0261. The normalized spacial score (nSPS) is 13.0. The first-order valence-corrected chi connectivity index (χ1v) is 31.7. The van der Waals surface area contributed by atoms with E-state index < -0.39 is 6.10 Å². The van der Waals surface area contributed by atoms with Gasteiger partial charge in [0.05, 0.1) is 0 Å². The summed E-state index contributed by atoms with van der Waals surface area (Å²) in [5, 5.41) is 0. The fourth-order valence-corrected chi connectivity index (χ4v) is 8.41. The van der Waals surface area contributed by atoms with Crippen LogP contribution in [-0.2, 0) is 28.6 Å². The minimum atomic E-state index is -0.794. The zero-order chi connectivity index (χ0) is 55.7. The Hall–Kier alpha value is -4.45. The van der Waals surface area contributed by atoms with Gasteiger partial charge in [-0.1, -0.05) is 270 Å². The van der Waals surface area contributed by atoms with Crippen LogP contribution in [0.25, 0.3) is 0 Å². The number of allylic oxidation sites excluding steroid dienone is 22. The molecule has 0 saturated carbocycles. The summed E-state index contributed by atoms with van der Waals surface area (Å²) in [6, 6.07) is 0. The van der Waals surface area contributed by atoms with Gasteiger partial charge in [0.25, 0.3) is 0 Å². The highest BCUT2D eigenvalue weighted by molar-refractivity contribution is 5.71. The molecule has 6 heteroatoms. The number of rotatable bonds is 56.